The molecular weight excluding hydrogens is 213 g/mol. The zero-order valence-corrected chi connectivity index (χ0v) is 9.01. The smallest absolute Gasteiger partial charge is 0.225 e. The van der Waals surface area contributed by atoms with Gasteiger partial charge in [-0.25, -0.2) is 14.4 Å². The molecule has 0 amide bonds. The second-order valence-corrected chi connectivity index (χ2v) is 3.84. The maximum atomic E-state index is 12.7. The van der Waals surface area contributed by atoms with Crippen molar-refractivity contribution in [3.05, 3.63) is 18.2 Å². The van der Waals surface area contributed by atoms with Gasteiger partial charge in [0.15, 0.2) is 5.82 Å². The molecule has 1 aromatic rings. The first-order valence-electron chi connectivity index (χ1n) is 5.17. The van der Waals surface area contributed by atoms with E-state index >= 15 is 0 Å². The summed E-state index contributed by atoms with van der Waals surface area (Å²) in [5.41, 5.74) is 0. The Labute approximate surface area is 92.9 Å². The molecule has 0 saturated carbocycles. The Hall–Kier alpha value is -1.27. The van der Waals surface area contributed by atoms with Crippen molar-refractivity contribution in [2.45, 2.75) is 19.1 Å². The summed E-state index contributed by atoms with van der Waals surface area (Å²) in [5.74, 6) is 0.0130. The molecule has 0 radical (unpaired) electrons. The lowest BCUT2D eigenvalue weighted by Crippen LogP contribution is -2.50. The van der Waals surface area contributed by atoms with E-state index in [1.54, 1.807) is 0 Å². The molecule has 5 nitrogen and oxygen atoms in total. The van der Waals surface area contributed by atoms with Crippen LogP contribution in [-0.4, -0.2) is 47.0 Å². The molecule has 2 atom stereocenters. The standard InChI is InChI=1S/C10H14FN3O2/c1-7-6-16-9(5-15)4-14(7)10-12-2-8(11)3-13-10/h2-3,7,9,15H,4-6H2,1H3. The van der Waals surface area contributed by atoms with Gasteiger partial charge in [0.05, 0.1) is 37.8 Å². The lowest BCUT2D eigenvalue weighted by Gasteiger charge is -2.37. The molecule has 1 aliphatic rings. The highest BCUT2D eigenvalue weighted by atomic mass is 19.1. The molecule has 1 aliphatic heterocycles. The Kier molecular flexibility index (Phi) is 3.31. The molecule has 2 unspecified atom stereocenters. The average molecular weight is 227 g/mol. The number of hydrogen-bond donors (Lipinski definition) is 1. The number of nitrogens with zero attached hydrogens (tertiary/aromatic N) is 3. The highest BCUT2D eigenvalue weighted by Gasteiger charge is 2.27. The van der Waals surface area contributed by atoms with E-state index in [1.807, 2.05) is 11.8 Å². The van der Waals surface area contributed by atoms with Crippen molar-refractivity contribution >= 4 is 5.95 Å². The molecule has 1 aromatic heterocycles. The van der Waals surface area contributed by atoms with Gasteiger partial charge in [-0.1, -0.05) is 0 Å². The number of aliphatic hydroxyl groups excluding tert-OH is 1. The van der Waals surface area contributed by atoms with Crippen LogP contribution < -0.4 is 4.90 Å². The highest BCUT2D eigenvalue weighted by molar-refractivity contribution is 5.31. The molecule has 6 heteroatoms. The van der Waals surface area contributed by atoms with Crippen molar-refractivity contribution in [2.24, 2.45) is 0 Å². The molecule has 1 N–H and O–H groups in total. The summed E-state index contributed by atoms with van der Waals surface area (Å²) in [5, 5.41) is 9.03. The summed E-state index contributed by atoms with van der Waals surface area (Å²) < 4.78 is 18.1. The molecule has 88 valence electrons. The van der Waals surface area contributed by atoms with E-state index in [2.05, 4.69) is 9.97 Å². The summed E-state index contributed by atoms with van der Waals surface area (Å²) in [6.07, 6.45) is 2.04. The van der Waals surface area contributed by atoms with E-state index in [4.69, 9.17) is 9.84 Å². The minimum Gasteiger partial charge on any atom is -0.394 e. The van der Waals surface area contributed by atoms with Crippen molar-refractivity contribution in [1.82, 2.24) is 9.97 Å². The van der Waals surface area contributed by atoms with E-state index in [1.165, 1.54) is 0 Å². The first kappa shape index (κ1) is 11.2. The largest absolute Gasteiger partial charge is 0.394 e. The lowest BCUT2D eigenvalue weighted by molar-refractivity contribution is -0.0108. The highest BCUT2D eigenvalue weighted by Crippen LogP contribution is 2.17. The fourth-order valence-electron chi connectivity index (χ4n) is 1.66. The Morgan fingerprint density at radius 3 is 2.88 bits per heavy atom. The predicted octanol–water partition coefficient (Wildman–Crippen LogP) is 0.202. The third-order valence-electron chi connectivity index (χ3n) is 2.57. The summed E-state index contributed by atoms with van der Waals surface area (Å²) in [7, 11) is 0. The third-order valence-corrected chi connectivity index (χ3v) is 2.57. The second kappa shape index (κ2) is 4.71. The van der Waals surface area contributed by atoms with E-state index in [0.717, 1.165) is 12.4 Å². The van der Waals surface area contributed by atoms with Crippen molar-refractivity contribution in [1.29, 1.82) is 0 Å². The van der Waals surface area contributed by atoms with Gasteiger partial charge in [-0.15, -0.1) is 0 Å². The topological polar surface area (TPSA) is 58.5 Å². The zero-order chi connectivity index (χ0) is 11.5. The van der Waals surface area contributed by atoms with Crippen LogP contribution in [0.2, 0.25) is 0 Å². The SMILES string of the molecule is CC1COC(CO)CN1c1ncc(F)cn1. The molecule has 0 spiro atoms. The Morgan fingerprint density at radius 1 is 1.56 bits per heavy atom. The number of halogens is 1. The molecule has 0 aromatic carbocycles. The van der Waals surface area contributed by atoms with Gasteiger partial charge in [-0.05, 0) is 6.92 Å². The maximum absolute atomic E-state index is 12.7. The molecule has 16 heavy (non-hydrogen) atoms. The Bertz CT molecular complexity index is 346. The van der Waals surface area contributed by atoms with Gasteiger partial charge in [0.25, 0.3) is 0 Å². The maximum Gasteiger partial charge on any atom is 0.225 e. The Balaban J connectivity index is 2.14. The van der Waals surface area contributed by atoms with Gasteiger partial charge in [-0.2, -0.15) is 0 Å². The normalized spacial score (nSPS) is 25.8. The fourth-order valence-corrected chi connectivity index (χ4v) is 1.66. The monoisotopic (exact) mass is 227 g/mol. The molecule has 0 bridgehead atoms. The van der Waals surface area contributed by atoms with Crippen LogP contribution in [0.4, 0.5) is 10.3 Å². The number of rotatable bonds is 2. The van der Waals surface area contributed by atoms with Crippen LogP contribution in [0.5, 0.6) is 0 Å². The van der Waals surface area contributed by atoms with Crippen LogP contribution in [0, 0.1) is 5.82 Å². The molecule has 1 fully saturated rings. The number of anilines is 1. The zero-order valence-electron chi connectivity index (χ0n) is 9.01. The number of ether oxygens (including phenoxy) is 1. The summed E-state index contributed by atoms with van der Waals surface area (Å²) in [6, 6.07) is 0.119. The first-order chi connectivity index (χ1) is 7.70. The lowest BCUT2D eigenvalue weighted by atomic mass is 10.2. The summed E-state index contributed by atoms with van der Waals surface area (Å²) in [6.45, 7) is 2.96. The fraction of sp³-hybridized carbons (Fsp3) is 0.600. The van der Waals surface area contributed by atoms with Gasteiger partial charge in [0.2, 0.25) is 5.95 Å². The van der Waals surface area contributed by atoms with Crippen molar-refractivity contribution < 1.29 is 14.2 Å². The number of aliphatic hydroxyl groups is 1. The second-order valence-electron chi connectivity index (χ2n) is 3.84. The first-order valence-corrected chi connectivity index (χ1v) is 5.17. The molecule has 0 aliphatic carbocycles. The molecule has 1 saturated heterocycles. The van der Waals surface area contributed by atoms with Crippen LogP contribution in [0.15, 0.2) is 12.4 Å². The molecular formula is C10H14FN3O2. The minimum absolute atomic E-state index is 0.0373. The van der Waals surface area contributed by atoms with Gasteiger partial charge >= 0.3 is 0 Å². The van der Waals surface area contributed by atoms with Gasteiger partial charge in [-0.3, -0.25) is 0 Å². The number of hydrogen-bond acceptors (Lipinski definition) is 5. The van der Waals surface area contributed by atoms with Crippen molar-refractivity contribution in [3.63, 3.8) is 0 Å². The van der Waals surface area contributed by atoms with Crippen LogP contribution in [-0.2, 0) is 4.74 Å². The average Bonchev–Trinajstić information content (AvgIpc) is 2.31. The van der Waals surface area contributed by atoms with Crippen LogP contribution in [0.3, 0.4) is 0 Å². The van der Waals surface area contributed by atoms with E-state index < -0.39 is 5.82 Å². The molecule has 2 heterocycles. The molecule has 2 rings (SSSR count). The van der Waals surface area contributed by atoms with Crippen LogP contribution in [0.1, 0.15) is 6.92 Å². The Morgan fingerprint density at radius 2 is 2.25 bits per heavy atom. The minimum atomic E-state index is -0.455. The van der Waals surface area contributed by atoms with Gasteiger partial charge in [0.1, 0.15) is 0 Å². The van der Waals surface area contributed by atoms with Crippen LogP contribution in [0.25, 0.3) is 0 Å². The van der Waals surface area contributed by atoms with Gasteiger partial charge in [0, 0.05) is 6.54 Å². The van der Waals surface area contributed by atoms with Crippen LogP contribution >= 0.6 is 0 Å². The number of aromatic nitrogens is 2. The summed E-state index contributed by atoms with van der Waals surface area (Å²) in [4.78, 5) is 9.75. The van der Waals surface area contributed by atoms with E-state index in [-0.39, 0.29) is 18.8 Å². The van der Waals surface area contributed by atoms with Crippen molar-refractivity contribution in [3.8, 4) is 0 Å². The van der Waals surface area contributed by atoms with Crippen molar-refractivity contribution in [2.75, 3.05) is 24.7 Å². The summed E-state index contributed by atoms with van der Waals surface area (Å²) >= 11 is 0. The van der Waals surface area contributed by atoms with Gasteiger partial charge < -0.3 is 14.7 Å². The third kappa shape index (κ3) is 2.28. The quantitative estimate of drug-likeness (QED) is 0.782. The van der Waals surface area contributed by atoms with E-state index in [9.17, 15) is 4.39 Å². The number of morpholine rings is 1. The predicted molar refractivity (Wildman–Crippen MR) is 55.6 cm³/mol. The van der Waals surface area contributed by atoms with E-state index in [0.29, 0.717) is 19.1 Å².